The van der Waals surface area contributed by atoms with E-state index in [2.05, 4.69) is 20.6 Å². The summed E-state index contributed by atoms with van der Waals surface area (Å²) in [6.45, 7) is 1.97. The number of amides is 2. The second-order valence-electron chi connectivity index (χ2n) is 11.2. The van der Waals surface area contributed by atoms with Crippen molar-refractivity contribution in [3.8, 4) is 0 Å². The fourth-order valence-electron chi connectivity index (χ4n) is 5.62. The summed E-state index contributed by atoms with van der Waals surface area (Å²) in [6.07, 6.45) is 0.296. The first-order chi connectivity index (χ1) is 22.8. The van der Waals surface area contributed by atoms with Crippen molar-refractivity contribution < 1.29 is 28.9 Å². The molecule has 3 N–H and O–H groups in total. The number of aliphatic hydroxyl groups excluding tert-OH is 1. The lowest BCUT2D eigenvalue weighted by atomic mass is 10.1. The van der Waals surface area contributed by atoms with Gasteiger partial charge in [-0.1, -0.05) is 43.3 Å². The number of nitrogens with one attached hydrogen (secondary N) is 2. The van der Waals surface area contributed by atoms with Gasteiger partial charge in [-0.05, 0) is 42.8 Å². The highest BCUT2D eigenvalue weighted by Crippen LogP contribution is 2.33. The summed E-state index contributed by atoms with van der Waals surface area (Å²) in [4.78, 5) is 58.5. The van der Waals surface area contributed by atoms with Crippen LogP contribution in [0.3, 0.4) is 0 Å². The minimum absolute atomic E-state index is 0.0277. The summed E-state index contributed by atoms with van der Waals surface area (Å²) in [5.41, 5.74) is -0.355. The van der Waals surface area contributed by atoms with Crippen LogP contribution in [0, 0.1) is 0 Å². The van der Waals surface area contributed by atoms with Gasteiger partial charge in [-0.25, -0.2) is 9.59 Å². The smallest absolute Gasteiger partial charge is 0.351 e. The maximum Gasteiger partial charge on any atom is 0.351 e. The Labute approximate surface area is 269 Å². The molecule has 0 aliphatic carbocycles. The van der Waals surface area contributed by atoms with Crippen LogP contribution in [0.5, 0.6) is 0 Å². The van der Waals surface area contributed by atoms with Gasteiger partial charge in [-0.3, -0.25) is 18.7 Å². The van der Waals surface area contributed by atoms with Crippen LogP contribution in [0.15, 0.2) is 94.8 Å². The summed E-state index contributed by atoms with van der Waals surface area (Å²) in [7, 11) is 0. The molecule has 0 saturated carbocycles. The van der Waals surface area contributed by atoms with E-state index in [0.29, 0.717) is 24.0 Å². The summed E-state index contributed by atoms with van der Waals surface area (Å²) >= 11 is 0. The van der Waals surface area contributed by atoms with E-state index < -0.39 is 48.1 Å². The molecule has 6 atom stereocenters. The number of carbonyl (C=O) groups is 2. The number of rotatable bonds is 10. The SMILES string of the molecule is CC[C@H]1O[C@@H](n2ccc(NC(=O)c3ccccc3)nc2=O)CC1OC[C@H]1O[C@@H](n2ccc(NC(=O)c3ccccc3)nc2=O)CC1O. The van der Waals surface area contributed by atoms with E-state index in [1.54, 1.807) is 60.7 Å². The molecule has 0 bridgehead atoms. The largest absolute Gasteiger partial charge is 0.390 e. The molecule has 2 unspecified atom stereocenters. The van der Waals surface area contributed by atoms with E-state index >= 15 is 0 Å². The third-order valence-corrected chi connectivity index (χ3v) is 8.10. The van der Waals surface area contributed by atoms with Gasteiger partial charge < -0.3 is 30.0 Å². The van der Waals surface area contributed by atoms with Crippen molar-refractivity contribution in [1.29, 1.82) is 0 Å². The van der Waals surface area contributed by atoms with Crippen LogP contribution in [-0.2, 0) is 14.2 Å². The summed E-state index contributed by atoms with van der Waals surface area (Å²) in [6, 6.07) is 20.2. The zero-order chi connectivity index (χ0) is 32.9. The highest BCUT2D eigenvalue weighted by Gasteiger charge is 2.40. The number of benzene rings is 2. The molecule has 2 fully saturated rings. The molecule has 14 heteroatoms. The molecule has 0 spiro atoms. The number of ether oxygens (including phenoxy) is 3. The topological polar surface area (TPSA) is 176 Å². The number of hydrogen-bond acceptors (Lipinski definition) is 10. The minimum Gasteiger partial charge on any atom is -0.390 e. The number of aliphatic hydroxyl groups is 1. The van der Waals surface area contributed by atoms with Crippen molar-refractivity contribution in [3.05, 3.63) is 117 Å². The fourth-order valence-corrected chi connectivity index (χ4v) is 5.62. The predicted molar refractivity (Wildman–Crippen MR) is 169 cm³/mol. The number of aromatic nitrogens is 4. The van der Waals surface area contributed by atoms with Gasteiger partial charge in [0.2, 0.25) is 0 Å². The fraction of sp³-hybridized carbons (Fsp3) is 0.333. The zero-order valence-electron chi connectivity index (χ0n) is 25.5. The average molecular weight is 643 g/mol. The Morgan fingerprint density at radius 1 is 0.787 bits per heavy atom. The molecule has 4 heterocycles. The molecule has 14 nitrogen and oxygen atoms in total. The standard InChI is InChI=1S/C33H34N6O8/c1-2-23-24(18-29(46-23)39-16-14-27(37-33(39)44)35-31(42)21-11-7-4-8-12-21)45-19-25-22(40)17-28(47-25)38-15-13-26(36-32(38)43)34-30(41)20-9-5-3-6-10-20/h3-16,22-25,28-29,40H,2,17-19H2,1H3,(H,34,36,41,43)(H,35,37,42,44)/t22?,23-,24?,25-,28-,29-/m1/s1. The van der Waals surface area contributed by atoms with Gasteiger partial charge in [0.1, 0.15) is 30.2 Å². The molecule has 4 aromatic rings. The molecule has 47 heavy (non-hydrogen) atoms. The Hall–Kier alpha value is -5.02. The molecule has 2 saturated heterocycles. The molecule has 244 valence electrons. The van der Waals surface area contributed by atoms with E-state index in [4.69, 9.17) is 14.2 Å². The molecule has 2 amide bonds. The summed E-state index contributed by atoms with van der Waals surface area (Å²) < 4.78 is 20.9. The first-order valence-corrected chi connectivity index (χ1v) is 15.3. The van der Waals surface area contributed by atoms with Crippen molar-refractivity contribution in [2.24, 2.45) is 0 Å². The van der Waals surface area contributed by atoms with Crippen molar-refractivity contribution in [1.82, 2.24) is 19.1 Å². The van der Waals surface area contributed by atoms with Gasteiger partial charge in [-0.2, -0.15) is 9.97 Å². The monoisotopic (exact) mass is 642 g/mol. The maximum absolute atomic E-state index is 12.9. The molecule has 2 aromatic carbocycles. The van der Waals surface area contributed by atoms with Gasteiger partial charge in [-0.15, -0.1) is 0 Å². The van der Waals surface area contributed by atoms with E-state index in [1.807, 2.05) is 6.92 Å². The van der Waals surface area contributed by atoms with Crippen molar-refractivity contribution >= 4 is 23.5 Å². The van der Waals surface area contributed by atoms with E-state index in [0.717, 1.165) is 0 Å². The van der Waals surface area contributed by atoms with Gasteiger partial charge in [0.05, 0.1) is 24.9 Å². The third kappa shape index (κ3) is 7.36. The number of carbonyl (C=O) groups excluding carboxylic acids is 2. The lowest BCUT2D eigenvalue weighted by Gasteiger charge is -2.21. The highest BCUT2D eigenvalue weighted by molar-refractivity contribution is 6.04. The van der Waals surface area contributed by atoms with Crippen molar-refractivity contribution in [2.45, 2.75) is 63.1 Å². The third-order valence-electron chi connectivity index (χ3n) is 8.10. The van der Waals surface area contributed by atoms with Crippen LogP contribution in [0.1, 0.15) is 59.4 Å². The Kier molecular flexibility index (Phi) is 9.63. The van der Waals surface area contributed by atoms with Crippen LogP contribution < -0.4 is 22.0 Å². The van der Waals surface area contributed by atoms with Crippen LogP contribution in [0.25, 0.3) is 0 Å². The number of anilines is 2. The summed E-state index contributed by atoms with van der Waals surface area (Å²) in [5, 5.41) is 16.0. The highest BCUT2D eigenvalue weighted by atomic mass is 16.6. The minimum atomic E-state index is -0.909. The van der Waals surface area contributed by atoms with Crippen LogP contribution in [-0.4, -0.2) is 67.0 Å². The lowest BCUT2D eigenvalue weighted by molar-refractivity contribution is -0.0952. The molecule has 0 radical (unpaired) electrons. The van der Waals surface area contributed by atoms with Crippen molar-refractivity contribution in [3.63, 3.8) is 0 Å². The molecular formula is C33H34N6O8. The summed E-state index contributed by atoms with van der Waals surface area (Å²) in [5.74, 6) is -0.550. The number of nitrogens with zero attached hydrogens (tertiary/aromatic N) is 4. The normalized spacial score (nSPS) is 23.8. The van der Waals surface area contributed by atoms with Crippen molar-refractivity contribution in [2.75, 3.05) is 17.2 Å². The second-order valence-corrected chi connectivity index (χ2v) is 11.2. The zero-order valence-corrected chi connectivity index (χ0v) is 25.5. The molecule has 2 aliphatic rings. The first kappa shape index (κ1) is 31.9. The maximum atomic E-state index is 12.9. The average Bonchev–Trinajstić information content (AvgIpc) is 3.67. The first-order valence-electron chi connectivity index (χ1n) is 15.3. The Morgan fingerprint density at radius 2 is 1.28 bits per heavy atom. The quantitative estimate of drug-likeness (QED) is 0.233. The molecule has 2 aromatic heterocycles. The van der Waals surface area contributed by atoms with Gasteiger partial charge in [0.25, 0.3) is 11.8 Å². The molecule has 6 rings (SSSR count). The van der Waals surface area contributed by atoms with E-state index in [9.17, 15) is 24.3 Å². The lowest BCUT2D eigenvalue weighted by Crippen LogP contribution is -2.32. The Bertz CT molecular complexity index is 1830. The van der Waals surface area contributed by atoms with E-state index in [1.165, 1.54) is 33.7 Å². The van der Waals surface area contributed by atoms with Gasteiger partial charge >= 0.3 is 11.4 Å². The Balaban J connectivity index is 1.04. The van der Waals surface area contributed by atoms with Gasteiger partial charge in [0.15, 0.2) is 0 Å². The Morgan fingerprint density at radius 3 is 1.77 bits per heavy atom. The number of hydrogen-bond donors (Lipinski definition) is 3. The van der Waals surface area contributed by atoms with Crippen LogP contribution in [0.4, 0.5) is 11.6 Å². The van der Waals surface area contributed by atoms with Crippen LogP contribution in [0.2, 0.25) is 0 Å². The predicted octanol–water partition coefficient (Wildman–Crippen LogP) is 2.74. The van der Waals surface area contributed by atoms with E-state index in [-0.39, 0.29) is 36.7 Å². The second kappa shape index (κ2) is 14.2. The van der Waals surface area contributed by atoms with Gasteiger partial charge in [0, 0.05) is 36.4 Å². The molecule has 2 aliphatic heterocycles. The molecular weight excluding hydrogens is 608 g/mol. The van der Waals surface area contributed by atoms with Crippen LogP contribution >= 0.6 is 0 Å².